The van der Waals surface area contributed by atoms with Gasteiger partial charge in [0, 0.05) is 6.54 Å². The van der Waals surface area contributed by atoms with Gasteiger partial charge in [0.25, 0.3) is 0 Å². The second-order valence-corrected chi connectivity index (χ2v) is 7.08. The van der Waals surface area contributed by atoms with E-state index in [4.69, 9.17) is 0 Å². The van der Waals surface area contributed by atoms with E-state index < -0.39 is 15.6 Å². The molecule has 0 saturated heterocycles. The second kappa shape index (κ2) is 5.22. The fraction of sp³-hybridized carbons (Fsp3) is 0.750. The molecule has 6 nitrogen and oxygen atoms in total. The number of hydrogen-bond acceptors (Lipinski definition) is 4. The summed E-state index contributed by atoms with van der Waals surface area (Å²) in [5, 5.41) is 16.9. The van der Waals surface area contributed by atoms with E-state index in [1.807, 2.05) is 0 Å². The van der Waals surface area contributed by atoms with Gasteiger partial charge in [-0.2, -0.15) is 5.10 Å². The SMILES string of the molecule is Cc1n[nH]c(C)c1S(=O)(=O)NCC1(O)CCCCC1. The summed E-state index contributed by atoms with van der Waals surface area (Å²) in [5.74, 6) is 0. The third-order valence-electron chi connectivity index (χ3n) is 3.70. The molecule has 3 N–H and O–H groups in total. The maximum absolute atomic E-state index is 12.2. The molecule has 1 aliphatic carbocycles. The van der Waals surface area contributed by atoms with E-state index in [0.29, 0.717) is 24.2 Å². The Morgan fingerprint density at radius 1 is 1.32 bits per heavy atom. The number of aromatic nitrogens is 2. The Balaban J connectivity index is 2.10. The van der Waals surface area contributed by atoms with E-state index >= 15 is 0 Å². The van der Waals surface area contributed by atoms with Crippen LogP contribution in [0.25, 0.3) is 0 Å². The lowest BCUT2D eigenvalue weighted by atomic mass is 9.85. The average Bonchev–Trinajstić information content (AvgIpc) is 2.68. The lowest BCUT2D eigenvalue weighted by Crippen LogP contribution is -2.44. The number of H-pyrrole nitrogens is 1. The van der Waals surface area contributed by atoms with Crippen molar-refractivity contribution in [2.75, 3.05) is 6.54 Å². The number of aromatic amines is 1. The van der Waals surface area contributed by atoms with Gasteiger partial charge in [0.15, 0.2) is 0 Å². The van der Waals surface area contributed by atoms with Crippen LogP contribution in [0, 0.1) is 13.8 Å². The molecular weight excluding hydrogens is 266 g/mol. The van der Waals surface area contributed by atoms with Gasteiger partial charge in [-0.15, -0.1) is 0 Å². The van der Waals surface area contributed by atoms with Crippen LogP contribution in [0.3, 0.4) is 0 Å². The molecule has 7 heteroatoms. The van der Waals surface area contributed by atoms with Crippen LogP contribution in [0.5, 0.6) is 0 Å². The van der Waals surface area contributed by atoms with Crippen molar-refractivity contribution in [2.24, 2.45) is 0 Å². The molecule has 0 aliphatic heterocycles. The lowest BCUT2D eigenvalue weighted by molar-refractivity contribution is 0.00945. The van der Waals surface area contributed by atoms with Crippen molar-refractivity contribution >= 4 is 10.0 Å². The summed E-state index contributed by atoms with van der Waals surface area (Å²) in [6.07, 6.45) is 4.30. The summed E-state index contributed by atoms with van der Waals surface area (Å²) >= 11 is 0. The summed E-state index contributed by atoms with van der Waals surface area (Å²) < 4.78 is 27.0. The summed E-state index contributed by atoms with van der Waals surface area (Å²) in [6, 6.07) is 0. The Morgan fingerprint density at radius 2 is 1.95 bits per heavy atom. The predicted molar refractivity (Wildman–Crippen MR) is 71.3 cm³/mol. The van der Waals surface area contributed by atoms with Crippen LogP contribution in [0.2, 0.25) is 0 Å². The Bertz CT molecular complexity index is 525. The zero-order valence-electron chi connectivity index (χ0n) is 11.4. The van der Waals surface area contributed by atoms with Crippen molar-refractivity contribution < 1.29 is 13.5 Å². The number of nitrogens with zero attached hydrogens (tertiary/aromatic N) is 1. The summed E-state index contributed by atoms with van der Waals surface area (Å²) in [5.41, 5.74) is 0.0536. The van der Waals surface area contributed by atoms with Gasteiger partial charge < -0.3 is 5.11 Å². The lowest BCUT2D eigenvalue weighted by Gasteiger charge is -2.32. The summed E-state index contributed by atoms with van der Waals surface area (Å²) in [7, 11) is -3.62. The van der Waals surface area contributed by atoms with Crippen molar-refractivity contribution in [3.8, 4) is 0 Å². The maximum atomic E-state index is 12.2. The highest BCUT2D eigenvalue weighted by molar-refractivity contribution is 7.89. The molecule has 0 bridgehead atoms. The minimum absolute atomic E-state index is 0.0688. The van der Waals surface area contributed by atoms with Crippen molar-refractivity contribution in [1.82, 2.24) is 14.9 Å². The highest BCUT2D eigenvalue weighted by atomic mass is 32.2. The molecule has 0 spiro atoms. The molecule has 108 valence electrons. The van der Waals surface area contributed by atoms with E-state index in [1.54, 1.807) is 13.8 Å². The molecule has 0 unspecified atom stereocenters. The van der Waals surface area contributed by atoms with E-state index in [1.165, 1.54) is 0 Å². The smallest absolute Gasteiger partial charge is 0.244 e. The molecule has 1 aromatic rings. The number of rotatable bonds is 4. The Kier molecular flexibility index (Phi) is 3.98. The van der Waals surface area contributed by atoms with Crippen LogP contribution in [-0.2, 0) is 10.0 Å². The Morgan fingerprint density at radius 3 is 2.47 bits per heavy atom. The highest BCUT2D eigenvalue weighted by Crippen LogP contribution is 2.28. The molecule has 1 aliphatic rings. The van der Waals surface area contributed by atoms with Crippen LogP contribution in [-0.4, -0.2) is 35.9 Å². The fourth-order valence-corrected chi connectivity index (χ4v) is 4.11. The third kappa shape index (κ3) is 3.16. The minimum atomic E-state index is -3.62. The van der Waals surface area contributed by atoms with Crippen molar-refractivity contribution in [1.29, 1.82) is 0 Å². The first-order chi connectivity index (χ1) is 8.84. The molecule has 19 heavy (non-hydrogen) atoms. The maximum Gasteiger partial charge on any atom is 0.244 e. The zero-order valence-corrected chi connectivity index (χ0v) is 12.2. The largest absolute Gasteiger partial charge is 0.389 e. The standard InChI is InChI=1S/C12H21N3O3S/c1-9-11(10(2)15-14-9)19(17,18)13-8-12(16)6-4-3-5-7-12/h13,16H,3-8H2,1-2H3,(H,14,15). The van der Waals surface area contributed by atoms with E-state index in [9.17, 15) is 13.5 Å². The monoisotopic (exact) mass is 287 g/mol. The molecule has 0 radical (unpaired) electrons. The number of nitrogens with one attached hydrogen (secondary N) is 2. The number of aliphatic hydroxyl groups is 1. The molecule has 0 atom stereocenters. The fourth-order valence-electron chi connectivity index (χ4n) is 2.62. The first kappa shape index (κ1) is 14.5. The molecule has 1 saturated carbocycles. The molecule has 1 heterocycles. The van der Waals surface area contributed by atoms with Gasteiger partial charge in [0.05, 0.1) is 17.0 Å². The van der Waals surface area contributed by atoms with Gasteiger partial charge >= 0.3 is 0 Å². The van der Waals surface area contributed by atoms with E-state index in [2.05, 4.69) is 14.9 Å². The van der Waals surface area contributed by atoms with Gasteiger partial charge in [-0.1, -0.05) is 19.3 Å². The van der Waals surface area contributed by atoms with Crippen LogP contribution < -0.4 is 4.72 Å². The van der Waals surface area contributed by atoms with Crippen LogP contribution >= 0.6 is 0 Å². The molecule has 2 rings (SSSR count). The third-order valence-corrected chi connectivity index (χ3v) is 5.37. The highest BCUT2D eigenvalue weighted by Gasteiger charge is 2.32. The zero-order chi connectivity index (χ0) is 14.1. The number of aryl methyl sites for hydroxylation is 2. The number of hydrogen-bond donors (Lipinski definition) is 3. The average molecular weight is 287 g/mol. The first-order valence-electron chi connectivity index (χ1n) is 6.58. The first-order valence-corrected chi connectivity index (χ1v) is 8.06. The van der Waals surface area contributed by atoms with Crippen molar-refractivity contribution in [3.05, 3.63) is 11.4 Å². The summed E-state index contributed by atoms with van der Waals surface area (Å²) in [4.78, 5) is 0.187. The molecule has 0 amide bonds. The Labute approximate surface area is 113 Å². The van der Waals surface area contributed by atoms with Crippen LogP contribution in [0.15, 0.2) is 4.90 Å². The molecule has 0 aromatic carbocycles. The van der Waals surface area contributed by atoms with Crippen molar-refractivity contribution in [2.45, 2.75) is 56.4 Å². The van der Waals surface area contributed by atoms with Gasteiger partial charge in [0.2, 0.25) is 10.0 Å². The van der Waals surface area contributed by atoms with Crippen LogP contribution in [0.1, 0.15) is 43.5 Å². The normalized spacial score (nSPS) is 19.5. The van der Waals surface area contributed by atoms with Gasteiger partial charge in [0.1, 0.15) is 4.90 Å². The quantitative estimate of drug-likeness (QED) is 0.770. The summed E-state index contributed by atoms with van der Waals surface area (Å²) in [6.45, 7) is 3.39. The van der Waals surface area contributed by atoms with Gasteiger partial charge in [-0.25, -0.2) is 13.1 Å². The second-order valence-electron chi connectivity index (χ2n) is 5.37. The molecular formula is C12H21N3O3S. The van der Waals surface area contributed by atoms with Crippen molar-refractivity contribution in [3.63, 3.8) is 0 Å². The van der Waals surface area contributed by atoms with Crippen LogP contribution in [0.4, 0.5) is 0 Å². The molecule has 1 fully saturated rings. The number of sulfonamides is 1. The molecule has 1 aromatic heterocycles. The topological polar surface area (TPSA) is 95.1 Å². The Hall–Kier alpha value is -0.920. The van der Waals surface area contributed by atoms with E-state index in [-0.39, 0.29) is 11.4 Å². The van der Waals surface area contributed by atoms with Gasteiger partial charge in [-0.3, -0.25) is 5.10 Å². The van der Waals surface area contributed by atoms with Gasteiger partial charge in [-0.05, 0) is 26.7 Å². The predicted octanol–water partition coefficient (Wildman–Crippen LogP) is 1.00. The minimum Gasteiger partial charge on any atom is -0.389 e. The van der Waals surface area contributed by atoms with E-state index in [0.717, 1.165) is 19.3 Å².